The van der Waals surface area contributed by atoms with Crippen molar-refractivity contribution in [1.29, 1.82) is 0 Å². The largest absolute Gasteiger partial charge is 0.350 e. The van der Waals surface area contributed by atoms with Crippen molar-refractivity contribution in [2.24, 2.45) is 0 Å². The number of nitrogens with one attached hydrogen (secondary N) is 1. The van der Waals surface area contributed by atoms with Gasteiger partial charge in [0.15, 0.2) is 0 Å². The average molecular weight is 332 g/mol. The molecule has 23 heavy (non-hydrogen) atoms. The molecule has 0 saturated heterocycles. The second-order valence-electron chi connectivity index (χ2n) is 5.20. The maximum atomic E-state index is 12.3. The van der Waals surface area contributed by atoms with Gasteiger partial charge in [0.05, 0.1) is 6.04 Å². The Morgan fingerprint density at radius 1 is 1.17 bits per heavy atom. The van der Waals surface area contributed by atoms with Gasteiger partial charge in [-0.3, -0.25) is 14.7 Å². The van der Waals surface area contributed by atoms with E-state index in [1.807, 2.05) is 24.3 Å². The summed E-state index contributed by atoms with van der Waals surface area (Å²) in [5.74, 6) is -0.100. The molecule has 1 aromatic heterocycles. The van der Waals surface area contributed by atoms with Gasteiger partial charge in [-0.2, -0.15) is 0 Å². The van der Waals surface area contributed by atoms with Gasteiger partial charge in [0, 0.05) is 29.5 Å². The van der Waals surface area contributed by atoms with E-state index < -0.39 is 0 Å². The van der Waals surface area contributed by atoms with Crippen LogP contribution in [0.25, 0.3) is 0 Å². The van der Waals surface area contributed by atoms with Crippen LogP contribution in [0.1, 0.15) is 35.8 Å². The first kappa shape index (κ1) is 17.4. The third-order valence-electron chi connectivity index (χ3n) is 3.92. The predicted molar refractivity (Wildman–Crippen MR) is 93.7 cm³/mol. The fraction of sp³-hybridized carbons (Fsp3) is 0.333. The highest BCUT2D eigenvalue weighted by Gasteiger charge is 2.21. The van der Waals surface area contributed by atoms with E-state index in [4.69, 9.17) is 11.6 Å². The van der Waals surface area contributed by atoms with Crippen LogP contribution in [0.4, 0.5) is 0 Å². The Morgan fingerprint density at radius 3 is 2.43 bits per heavy atom. The Morgan fingerprint density at radius 2 is 1.83 bits per heavy atom. The van der Waals surface area contributed by atoms with Crippen LogP contribution in [0.15, 0.2) is 48.8 Å². The maximum absolute atomic E-state index is 12.3. The number of benzene rings is 1. The van der Waals surface area contributed by atoms with E-state index in [1.54, 1.807) is 24.5 Å². The maximum Gasteiger partial charge on any atom is 0.251 e. The summed E-state index contributed by atoms with van der Waals surface area (Å²) in [7, 11) is 0. The SMILES string of the molecule is CCN(CC)C(CNC(=O)c1ccncc1)c1ccccc1Cl. The van der Waals surface area contributed by atoms with Crippen molar-refractivity contribution in [2.45, 2.75) is 19.9 Å². The lowest BCUT2D eigenvalue weighted by Gasteiger charge is -2.30. The van der Waals surface area contributed by atoms with Crippen LogP contribution in [-0.2, 0) is 0 Å². The molecule has 0 aliphatic rings. The summed E-state index contributed by atoms with van der Waals surface area (Å²) < 4.78 is 0. The molecule has 1 heterocycles. The Balaban J connectivity index is 2.15. The number of pyridine rings is 1. The summed E-state index contributed by atoms with van der Waals surface area (Å²) in [5, 5.41) is 3.73. The molecule has 0 aliphatic heterocycles. The number of carbonyl (C=O) groups is 1. The Labute approximate surface area is 142 Å². The van der Waals surface area contributed by atoms with Gasteiger partial charge in [-0.25, -0.2) is 0 Å². The van der Waals surface area contributed by atoms with Crippen LogP contribution in [-0.4, -0.2) is 35.4 Å². The van der Waals surface area contributed by atoms with E-state index >= 15 is 0 Å². The first-order valence-corrected chi connectivity index (χ1v) is 8.21. The molecule has 1 atom stereocenters. The number of amides is 1. The van der Waals surface area contributed by atoms with Gasteiger partial charge in [-0.05, 0) is 36.9 Å². The zero-order valence-electron chi connectivity index (χ0n) is 13.5. The summed E-state index contributed by atoms with van der Waals surface area (Å²) >= 11 is 6.36. The number of hydrogen-bond donors (Lipinski definition) is 1. The topological polar surface area (TPSA) is 45.2 Å². The lowest BCUT2D eigenvalue weighted by Crippen LogP contribution is -2.38. The van der Waals surface area contributed by atoms with Crippen LogP contribution in [0.5, 0.6) is 0 Å². The minimum absolute atomic E-state index is 0.0458. The second kappa shape index (κ2) is 8.65. The fourth-order valence-electron chi connectivity index (χ4n) is 2.64. The number of likely N-dealkylation sites (N-methyl/N-ethyl adjacent to an activating group) is 1. The van der Waals surface area contributed by atoms with Crippen molar-refractivity contribution < 1.29 is 4.79 Å². The average Bonchev–Trinajstić information content (AvgIpc) is 2.60. The third kappa shape index (κ3) is 4.53. The van der Waals surface area contributed by atoms with Gasteiger partial charge in [0.2, 0.25) is 0 Å². The lowest BCUT2D eigenvalue weighted by atomic mass is 10.0. The first-order valence-electron chi connectivity index (χ1n) is 7.84. The smallest absolute Gasteiger partial charge is 0.251 e. The Bertz CT molecular complexity index is 629. The van der Waals surface area contributed by atoms with Crippen LogP contribution < -0.4 is 5.32 Å². The second-order valence-corrected chi connectivity index (χ2v) is 5.61. The van der Waals surface area contributed by atoms with Crippen LogP contribution >= 0.6 is 11.6 Å². The van der Waals surface area contributed by atoms with E-state index in [0.29, 0.717) is 12.1 Å². The standard InChI is InChI=1S/C18H22ClN3O/c1-3-22(4-2)17(15-7-5-6-8-16(15)19)13-21-18(23)14-9-11-20-12-10-14/h5-12,17H,3-4,13H2,1-2H3,(H,21,23). The molecule has 0 radical (unpaired) electrons. The molecule has 1 N–H and O–H groups in total. The van der Waals surface area contributed by atoms with Crippen molar-refractivity contribution >= 4 is 17.5 Å². The molecule has 1 amide bonds. The highest BCUT2D eigenvalue weighted by atomic mass is 35.5. The molecule has 0 aliphatic carbocycles. The minimum Gasteiger partial charge on any atom is -0.350 e. The van der Waals surface area contributed by atoms with Crippen molar-refractivity contribution in [1.82, 2.24) is 15.2 Å². The van der Waals surface area contributed by atoms with E-state index in [-0.39, 0.29) is 11.9 Å². The molecular weight excluding hydrogens is 310 g/mol. The van der Waals surface area contributed by atoms with E-state index in [0.717, 1.165) is 23.7 Å². The highest BCUT2D eigenvalue weighted by Crippen LogP contribution is 2.27. The van der Waals surface area contributed by atoms with Crippen molar-refractivity contribution in [2.75, 3.05) is 19.6 Å². The van der Waals surface area contributed by atoms with Gasteiger partial charge in [-0.1, -0.05) is 43.6 Å². The fourth-order valence-corrected chi connectivity index (χ4v) is 2.90. The molecular formula is C18H22ClN3O. The first-order chi connectivity index (χ1) is 11.2. The number of nitrogens with zero attached hydrogens (tertiary/aromatic N) is 2. The van der Waals surface area contributed by atoms with Crippen LogP contribution in [0.3, 0.4) is 0 Å². The van der Waals surface area contributed by atoms with Crippen molar-refractivity contribution in [3.05, 3.63) is 64.9 Å². The molecule has 2 aromatic rings. The summed E-state index contributed by atoms with van der Waals surface area (Å²) in [6, 6.07) is 11.3. The predicted octanol–water partition coefficient (Wildman–Crippen LogP) is 3.55. The summed E-state index contributed by atoms with van der Waals surface area (Å²) in [5.41, 5.74) is 1.64. The summed E-state index contributed by atoms with van der Waals surface area (Å²) in [6.45, 7) is 6.50. The molecule has 5 heteroatoms. The minimum atomic E-state index is -0.100. The molecule has 0 fully saturated rings. The molecule has 4 nitrogen and oxygen atoms in total. The zero-order valence-corrected chi connectivity index (χ0v) is 14.3. The number of hydrogen-bond acceptors (Lipinski definition) is 3. The molecule has 1 aromatic carbocycles. The Kier molecular flexibility index (Phi) is 6.56. The van der Waals surface area contributed by atoms with E-state index in [2.05, 4.69) is 29.0 Å². The number of aromatic nitrogens is 1. The number of carbonyl (C=O) groups excluding carboxylic acids is 1. The van der Waals surface area contributed by atoms with E-state index in [1.165, 1.54) is 0 Å². The van der Waals surface area contributed by atoms with Gasteiger partial charge in [-0.15, -0.1) is 0 Å². The molecule has 0 spiro atoms. The Hall–Kier alpha value is -1.91. The van der Waals surface area contributed by atoms with Gasteiger partial charge >= 0.3 is 0 Å². The number of halogens is 1. The highest BCUT2D eigenvalue weighted by molar-refractivity contribution is 6.31. The zero-order chi connectivity index (χ0) is 16.7. The summed E-state index contributed by atoms with van der Waals surface area (Å²) in [4.78, 5) is 18.5. The monoisotopic (exact) mass is 331 g/mol. The van der Waals surface area contributed by atoms with Gasteiger partial charge in [0.25, 0.3) is 5.91 Å². The molecule has 1 unspecified atom stereocenters. The van der Waals surface area contributed by atoms with Crippen molar-refractivity contribution in [3.8, 4) is 0 Å². The van der Waals surface area contributed by atoms with Gasteiger partial charge in [0.1, 0.15) is 0 Å². The van der Waals surface area contributed by atoms with E-state index in [9.17, 15) is 4.79 Å². The van der Waals surface area contributed by atoms with Crippen LogP contribution in [0.2, 0.25) is 5.02 Å². The van der Waals surface area contributed by atoms with Crippen molar-refractivity contribution in [3.63, 3.8) is 0 Å². The summed E-state index contributed by atoms with van der Waals surface area (Å²) in [6.07, 6.45) is 3.23. The molecule has 0 saturated carbocycles. The normalized spacial score (nSPS) is 12.2. The molecule has 2 rings (SSSR count). The number of rotatable bonds is 7. The van der Waals surface area contributed by atoms with Crippen LogP contribution in [0, 0.1) is 0 Å². The molecule has 0 bridgehead atoms. The third-order valence-corrected chi connectivity index (χ3v) is 4.26. The molecule has 122 valence electrons. The lowest BCUT2D eigenvalue weighted by molar-refractivity contribution is 0.0935. The quantitative estimate of drug-likeness (QED) is 0.844. The van der Waals surface area contributed by atoms with Gasteiger partial charge < -0.3 is 5.32 Å².